The Morgan fingerprint density at radius 3 is 2.06 bits per heavy atom. The van der Waals surface area contributed by atoms with Crippen LogP contribution in [0.4, 0.5) is 5.69 Å². The molecule has 1 unspecified atom stereocenters. The number of para-hydroxylation sites is 1. The number of hydrogen-bond donors (Lipinski definition) is 2. The fourth-order valence-electron chi connectivity index (χ4n) is 4.34. The maximum Gasteiger partial charge on any atom is 0.264 e. The zero-order valence-corrected chi connectivity index (χ0v) is 20.7. The molecule has 2 aliphatic heterocycles. The summed E-state index contributed by atoms with van der Waals surface area (Å²) in [6, 6.07) is 27.0. The van der Waals surface area contributed by atoms with E-state index in [-0.39, 0.29) is 25.3 Å². The van der Waals surface area contributed by atoms with Crippen molar-refractivity contribution in [1.29, 1.82) is 0 Å². The van der Waals surface area contributed by atoms with E-state index in [0.29, 0.717) is 5.56 Å². The molecule has 6 nitrogen and oxygen atoms in total. The average molecular weight is 486 g/mol. The summed E-state index contributed by atoms with van der Waals surface area (Å²) in [5.41, 5.74) is 2.78. The lowest BCUT2D eigenvalue weighted by Crippen LogP contribution is -2.40. The van der Waals surface area contributed by atoms with Crippen molar-refractivity contribution in [3.63, 3.8) is 0 Å². The number of anilines is 1. The second kappa shape index (κ2) is 10.8. The van der Waals surface area contributed by atoms with Crippen LogP contribution in [-0.4, -0.2) is 29.5 Å². The summed E-state index contributed by atoms with van der Waals surface area (Å²) in [6.45, 7) is 5.59. The van der Waals surface area contributed by atoms with Crippen LogP contribution < -0.4 is 4.90 Å². The van der Waals surface area contributed by atoms with Gasteiger partial charge < -0.3 is 19.7 Å². The minimum Gasteiger partial charge on any atom is -0.458 e. The van der Waals surface area contributed by atoms with Crippen molar-refractivity contribution in [2.24, 2.45) is 0 Å². The van der Waals surface area contributed by atoms with Gasteiger partial charge in [0.2, 0.25) is 6.79 Å². The van der Waals surface area contributed by atoms with Gasteiger partial charge in [0.25, 0.3) is 5.91 Å². The highest BCUT2D eigenvalue weighted by molar-refractivity contribution is 6.07. The quantitative estimate of drug-likeness (QED) is 0.520. The monoisotopic (exact) mass is 485 g/mol. The second-order valence-electron chi connectivity index (χ2n) is 8.96. The van der Waals surface area contributed by atoms with Gasteiger partial charge in [-0.25, -0.2) is 0 Å². The van der Waals surface area contributed by atoms with Crippen molar-refractivity contribution in [2.75, 3.05) is 18.3 Å². The third-order valence-electron chi connectivity index (χ3n) is 6.28. The lowest BCUT2D eigenvalue weighted by atomic mass is 9.96. The predicted molar refractivity (Wildman–Crippen MR) is 139 cm³/mol. The molecule has 1 atom stereocenters. The maximum absolute atomic E-state index is 13.1. The number of fused-ring (bicyclic) bond motifs is 1. The molecule has 0 saturated carbocycles. The van der Waals surface area contributed by atoms with Crippen LogP contribution in [0.1, 0.15) is 43.5 Å². The van der Waals surface area contributed by atoms with E-state index in [4.69, 9.17) is 14.6 Å². The minimum absolute atomic E-state index is 0.0557. The van der Waals surface area contributed by atoms with Crippen LogP contribution in [0.15, 0.2) is 108 Å². The standard InChI is InChI=1S/C22H19NO2.C8H12O3/c1-22(25)18-14-8-9-15-19(18)23(21(22)24)20(16-10-4-2-5-11-16)17-12-6-3-7-13-17;1-6(4-9)3-8-7(2)10-5-11-8/h2-15,20,25H,1H3;3,9H,4-5H2,1-2H3/b;6-3-. The third kappa shape index (κ3) is 5.05. The van der Waals surface area contributed by atoms with E-state index in [1.54, 1.807) is 17.9 Å². The van der Waals surface area contributed by atoms with Gasteiger partial charge in [-0.3, -0.25) is 9.69 Å². The van der Waals surface area contributed by atoms with Crippen LogP contribution in [0.25, 0.3) is 0 Å². The summed E-state index contributed by atoms with van der Waals surface area (Å²) in [5, 5.41) is 19.5. The molecule has 0 radical (unpaired) electrons. The molecule has 0 fully saturated rings. The van der Waals surface area contributed by atoms with Crippen LogP contribution in [0.3, 0.4) is 0 Å². The van der Waals surface area contributed by atoms with E-state index < -0.39 is 5.60 Å². The van der Waals surface area contributed by atoms with Gasteiger partial charge in [-0.05, 0) is 49.6 Å². The van der Waals surface area contributed by atoms with Gasteiger partial charge in [-0.15, -0.1) is 0 Å². The van der Waals surface area contributed by atoms with Crippen LogP contribution in [-0.2, 0) is 19.9 Å². The Morgan fingerprint density at radius 1 is 0.972 bits per heavy atom. The first kappa shape index (κ1) is 25.2. The molecule has 1 amide bonds. The van der Waals surface area contributed by atoms with Crippen molar-refractivity contribution < 1.29 is 24.5 Å². The summed E-state index contributed by atoms with van der Waals surface area (Å²) in [7, 11) is 0. The smallest absolute Gasteiger partial charge is 0.264 e. The van der Waals surface area contributed by atoms with Crippen molar-refractivity contribution in [1.82, 2.24) is 0 Å². The van der Waals surface area contributed by atoms with Gasteiger partial charge in [0.1, 0.15) is 5.76 Å². The minimum atomic E-state index is -1.52. The number of aliphatic hydroxyl groups is 2. The molecule has 6 heteroatoms. The second-order valence-corrected chi connectivity index (χ2v) is 8.96. The Hall–Kier alpha value is -3.87. The number of benzene rings is 3. The highest BCUT2D eigenvalue weighted by atomic mass is 16.7. The molecule has 3 aromatic rings. The van der Waals surface area contributed by atoms with Crippen molar-refractivity contribution in [2.45, 2.75) is 32.4 Å². The summed E-state index contributed by atoms with van der Waals surface area (Å²) >= 11 is 0. The first-order valence-electron chi connectivity index (χ1n) is 11.8. The third-order valence-corrected chi connectivity index (χ3v) is 6.28. The summed E-state index contributed by atoms with van der Waals surface area (Å²) in [5.74, 6) is 1.20. The molecule has 0 aromatic heterocycles. The molecule has 0 bridgehead atoms. The number of aliphatic hydroxyl groups excluding tert-OH is 1. The lowest BCUT2D eigenvalue weighted by molar-refractivity contribution is -0.134. The molecular weight excluding hydrogens is 454 g/mol. The Morgan fingerprint density at radius 2 is 1.53 bits per heavy atom. The van der Waals surface area contributed by atoms with Crippen LogP contribution in [0, 0.1) is 0 Å². The molecule has 186 valence electrons. The Balaban J connectivity index is 0.000000233. The molecule has 2 heterocycles. The van der Waals surface area contributed by atoms with Gasteiger partial charge >= 0.3 is 0 Å². The first-order valence-corrected chi connectivity index (χ1v) is 11.8. The van der Waals surface area contributed by atoms with Gasteiger partial charge in [-0.2, -0.15) is 0 Å². The molecule has 2 N–H and O–H groups in total. The van der Waals surface area contributed by atoms with Gasteiger partial charge in [0.05, 0.1) is 18.3 Å². The topological polar surface area (TPSA) is 79.2 Å². The Labute approximate surface area is 211 Å². The van der Waals surface area contributed by atoms with Gasteiger partial charge in [0.15, 0.2) is 11.4 Å². The van der Waals surface area contributed by atoms with Crippen LogP contribution in [0.2, 0.25) is 0 Å². The molecule has 36 heavy (non-hydrogen) atoms. The number of hydrogen-bond acceptors (Lipinski definition) is 5. The van der Waals surface area contributed by atoms with Gasteiger partial charge in [0, 0.05) is 5.56 Å². The highest BCUT2D eigenvalue weighted by Gasteiger charge is 2.48. The molecule has 3 aromatic carbocycles. The fourth-order valence-corrected chi connectivity index (χ4v) is 4.34. The van der Waals surface area contributed by atoms with E-state index in [1.165, 1.54) is 0 Å². The SMILES string of the molecule is CC1(O)C(=O)N(C(c2ccccc2)c2ccccc2)c2ccccc21.CC1=C(/C=C(/C)CO)OCO1. The molecule has 5 rings (SSSR count). The zero-order valence-electron chi connectivity index (χ0n) is 20.7. The number of allylic oxidation sites excluding steroid dienone is 2. The molecular formula is C30H31NO5. The van der Waals surface area contributed by atoms with E-state index in [1.807, 2.05) is 98.8 Å². The Kier molecular flexibility index (Phi) is 7.58. The number of carbonyl (C=O) groups is 1. The number of ether oxygens (including phenoxy) is 2. The molecule has 0 spiro atoms. The molecule has 2 aliphatic rings. The van der Waals surface area contributed by atoms with Crippen LogP contribution >= 0.6 is 0 Å². The summed E-state index contributed by atoms with van der Waals surface area (Å²) in [4.78, 5) is 14.9. The molecule has 0 aliphatic carbocycles. The highest BCUT2D eigenvalue weighted by Crippen LogP contribution is 2.45. The van der Waals surface area contributed by atoms with Crippen molar-refractivity contribution >= 4 is 11.6 Å². The lowest BCUT2D eigenvalue weighted by Gasteiger charge is -2.30. The Bertz CT molecular complexity index is 1230. The fraction of sp³-hybridized carbons (Fsp3) is 0.233. The summed E-state index contributed by atoms with van der Waals surface area (Å²) < 4.78 is 10.1. The van der Waals surface area contributed by atoms with Crippen LogP contribution in [0.5, 0.6) is 0 Å². The van der Waals surface area contributed by atoms with E-state index in [2.05, 4.69) is 0 Å². The number of carbonyl (C=O) groups excluding carboxylic acids is 1. The van der Waals surface area contributed by atoms with E-state index in [9.17, 15) is 9.90 Å². The average Bonchev–Trinajstić information content (AvgIpc) is 3.39. The zero-order chi connectivity index (χ0) is 25.7. The maximum atomic E-state index is 13.1. The number of amides is 1. The molecule has 0 saturated heterocycles. The largest absolute Gasteiger partial charge is 0.458 e. The van der Waals surface area contributed by atoms with Crippen molar-refractivity contribution in [3.05, 3.63) is 125 Å². The van der Waals surface area contributed by atoms with E-state index >= 15 is 0 Å². The number of rotatable bonds is 5. The van der Waals surface area contributed by atoms with E-state index in [0.717, 1.165) is 33.9 Å². The van der Waals surface area contributed by atoms with Gasteiger partial charge in [-0.1, -0.05) is 78.9 Å². The number of nitrogens with zero attached hydrogens (tertiary/aromatic N) is 1. The summed E-state index contributed by atoms with van der Waals surface area (Å²) in [6.07, 6.45) is 1.78. The predicted octanol–water partition coefficient (Wildman–Crippen LogP) is 5.19. The first-order chi connectivity index (χ1) is 17.3. The normalized spacial score (nSPS) is 19.0. The van der Waals surface area contributed by atoms with Crippen molar-refractivity contribution in [3.8, 4) is 0 Å².